The van der Waals surface area contributed by atoms with Gasteiger partial charge in [0.2, 0.25) is 0 Å². The second-order valence-corrected chi connectivity index (χ2v) is 6.59. The average molecular weight is 222 g/mol. The Morgan fingerprint density at radius 1 is 1.25 bits per heavy atom. The average Bonchev–Trinajstić information content (AvgIpc) is 2.70. The van der Waals surface area contributed by atoms with Crippen molar-refractivity contribution in [2.24, 2.45) is 17.3 Å². The summed E-state index contributed by atoms with van der Waals surface area (Å²) in [5.41, 5.74) is 1.12. The van der Waals surface area contributed by atoms with Crippen LogP contribution in [-0.4, -0.2) is 10.7 Å². The van der Waals surface area contributed by atoms with Crippen LogP contribution in [0.25, 0.3) is 0 Å². The molecular weight excluding hydrogens is 196 g/mol. The van der Waals surface area contributed by atoms with E-state index in [0.717, 1.165) is 18.8 Å². The molecule has 2 rings (SSSR count). The van der Waals surface area contributed by atoms with Crippen LogP contribution >= 0.6 is 0 Å². The molecule has 0 spiro atoms. The lowest BCUT2D eigenvalue weighted by Crippen LogP contribution is -2.48. The summed E-state index contributed by atoms with van der Waals surface area (Å²) >= 11 is 0. The number of fused-ring (bicyclic) bond motifs is 2. The molecule has 0 aromatic rings. The molecule has 92 valence electrons. The van der Waals surface area contributed by atoms with E-state index >= 15 is 0 Å². The van der Waals surface area contributed by atoms with E-state index in [2.05, 4.69) is 33.8 Å². The van der Waals surface area contributed by atoms with Gasteiger partial charge in [-0.1, -0.05) is 18.6 Å². The van der Waals surface area contributed by atoms with E-state index in [-0.39, 0.29) is 5.41 Å². The molecule has 2 aliphatic carbocycles. The summed E-state index contributed by atoms with van der Waals surface area (Å²) < 4.78 is 0. The van der Waals surface area contributed by atoms with Crippen molar-refractivity contribution in [3.63, 3.8) is 0 Å². The van der Waals surface area contributed by atoms with Crippen LogP contribution in [0, 0.1) is 17.3 Å². The highest BCUT2D eigenvalue weighted by Gasteiger charge is 2.61. The minimum absolute atomic E-state index is 0.155. The molecule has 1 heteroatoms. The first kappa shape index (κ1) is 12.2. The van der Waals surface area contributed by atoms with Gasteiger partial charge in [-0.15, -0.1) is 0 Å². The Morgan fingerprint density at radius 3 is 2.38 bits per heavy atom. The molecule has 4 atom stereocenters. The minimum Gasteiger partial charge on any atom is -0.389 e. The third kappa shape index (κ3) is 1.64. The highest BCUT2D eigenvalue weighted by Crippen LogP contribution is 2.63. The molecule has 1 N–H and O–H groups in total. The van der Waals surface area contributed by atoms with Crippen LogP contribution in [0.3, 0.4) is 0 Å². The number of allylic oxidation sites excluding steroid dienone is 2. The topological polar surface area (TPSA) is 20.2 Å². The Morgan fingerprint density at radius 2 is 1.88 bits per heavy atom. The number of hydrogen-bond donors (Lipinski definition) is 1. The van der Waals surface area contributed by atoms with Crippen LogP contribution in [0.1, 0.15) is 59.8 Å². The van der Waals surface area contributed by atoms with Crippen molar-refractivity contribution < 1.29 is 5.11 Å². The molecular formula is C15H26O. The van der Waals surface area contributed by atoms with Crippen molar-refractivity contribution >= 4 is 0 Å². The smallest absolute Gasteiger partial charge is 0.0703 e. The molecule has 4 unspecified atom stereocenters. The highest BCUT2D eigenvalue weighted by molar-refractivity contribution is 5.12. The summed E-state index contributed by atoms with van der Waals surface area (Å²) in [5, 5.41) is 10.7. The first-order valence-corrected chi connectivity index (χ1v) is 6.73. The van der Waals surface area contributed by atoms with Crippen molar-refractivity contribution in [3.8, 4) is 0 Å². The molecule has 0 aromatic carbocycles. The number of aliphatic hydroxyl groups is 1. The SMILES string of the molecule is CC(C)=CCCC1(C)C2CCC(C2)C1(C)O. The maximum atomic E-state index is 10.7. The lowest BCUT2D eigenvalue weighted by atomic mass is 9.63. The van der Waals surface area contributed by atoms with Gasteiger partial charge in [0.25, 0.3) is 0 Å². The van der Waals surface area contributed by atoms with Crippen LogP contribution in [0.15, 0.2) is 11.6 Å². The first-order valence-electron chi connectivity index (χ1n) is 6.73. The lowest BCUT2D eigenvalue weighted by Gasteiger charge is -2.46. The van der Waals surface area contributed by atoms with E-state index in [1.54, 1.807) is 0 Å². The standard InChI is InChI=1S/C15H26O/c1-11(2)6-5-9-14(3)12-7-8-13(10-12)15(14,4)16/h6,12-13,16H,5,7-10H2,1-4H3. The minimum atomic E-state index is -0.425. The number of rotatable bonds is 3. The predicted octanol–water partition coefficient (Wildman–Crippen LogP) is 3.92. The molecule has 2 aliphatic rings. The zero-order chi connectivity index (χ0) is 12.0. The molecule has 2 fully saturated rings. The van der Waals surface area contributed by atoms with Crippen LogP contribution in [0.2, 0.25) is 0 Å². The first-order chi connectivity index (χ1) is 7.38. The van der Waals surface area contributed by atoms with Gasteiger partial charge >= 0.3 is 0 Å². The van der Waals surface area contributed by atoms with E-state index in [1.165, 1.54) is 24.8 Å². The van der Waals surface area contributed by atoms with Gasteiger partial charge in [0.05, 0.1) is 5.60 Å². The summed E-state index contributed by atoms with van der Waals surface area (Å²) in [5.74, 6) is 1.33. The lowest BCUT2D eigenvalue weighted by molar-refractivity contribution is -0.104. The van der Waals surface area contributed by atoms with Crippen LogP contribution in [0.4, 0.5) is 0 Å². The molecule has 16 heavy (non-hydrogen) atoms. The Balaban J connectivity index is 2.09. The fourth-order valence-electron chi connectivity index (χ4n) is 4.07. The summed E-state index contributed by atoms with van der Waals surface area (Å²) in [4.78, 5) is 0. The fraction of sp³-hybridized carbons (Fsp3) is 0.867. The van der Waals surface area contributed by atoms with Crippen LogP contribution < -0.4 is 0 Å². The molecule has 0 saturated heterocycles. The summed E-state index contributed by atoms with van der Waals surface area (Å²) in [7, 11) is 0. The van der Waals surface area contributed by atoms with Crippen molar-refractivity contribution in [1.29, 1.82) is 0 Å². The van der Waals surface area contributed by atoms with Gasteiger partial charge in [-0.3, -0.25) is 0 Å². The normalized spacial score (nSPS) is 46.1. The molecule has 0 aliphatic heterocycles. The van der Waals surface area contributed by atoms with E-state index < -0.39 is 5.60 Å². The third-order valence-corrected chi connectivity index (χ3v) is 5.50. The van der Waals surface area contributed by atoms with Gasteiger partial charge in [-0.05, 0) is 70.1 Å². The van der Waals surface area contributed by atoms with Gasteiger partial charge in [0.15, 0.2) is 0 Å². The Kier molecular flexibility index (Phi) is 2.94. The third-order valence-electron chi connectivity index (χ3n) is 5.50. The van der Waals surface area contributed by atoms with Crippen molar-refractivity contribution in [2.75, 3.05) is 0 Å². The maximum absolute atomic E-state index is 10.7. The molecule has 0 aromatic heterocycles. The van der Waals surface area contributed by atoms with E-state index in [9.17, 15) is 5.11 Å². The van der Waals surface area contributed by atoms with Gasteiger partial charge in [0, 0.05) is 0 Å². The summed E-state index contributed by atoms with van der Waals surface area (Å²) in [6.07, 6.45) is 8.43. The highest BCUT2D eigenvalue weighted by atomic mass is 16.3. The van der Waals surface area contributed by atoms with Gasteiger partial charge in [-0.2, -0.15) is 0 Å². The summed E-state index contributed by atoms with van der Waals surface area (Å²) in [6.45, 7) is 8.71. The van der Waals surface area contributed by atoms with E-state index in [4.69, 9.17) is 0 Å². The molecule has 0 radical (unpaired) electrons. The second kappa shape index (κ2) is 3.87. The van der Waals surface area contributed by atoms with Gasteiger partial charge in [0.1, 0.15) is 0 Å². The molecule has 0 amide bonds. The molecule has 2 saturated carbocycles. The van der Waals surface area contributed by atoms with Crippen LogP contribution in [0.5, 0.6) is 0 Å². The molecule has 0 heterocycles. The second-order valence-electron chi connectivity index (χ2n) is 6.59. The largest absolute Gasteiger partial charge is 0.389 e. The quantitative estimate of drug-likeness (QED) is 0.718. The number of hydrogen-bond acceptors (Lipinski definition) is 1. The monoisotopic (exact) mass is 222 g/mol. The van der Waals surface area contributed by atoms with Crippen molar-refractivity contribution in [1.82, 2.24) is 0 Å². The maximum Gasteiger partial charge on any atom is 0.0703 e. The van der Waals surface area contributed by atoms with E-state index in [1.807, 2.05) is 0 Å². The summed E-state index contributed by atoms with van der Waals surface area (Å²) in [6, 6.07) is 0. The molecule has 2 bridgehead atoms. The Bertz CT molecular complexity index is 299. The molecule has 1 nitrogen and oxygen atoms in total. The van der Waals surface area contributed by atoms with Gasteiger partial charge in [-0.25, -0.2) is 0 Å². The fourth-order valence-corrected chi connectivity index (χ4v) is 4.07. The van der Waals surface area contributed by atoms with Crippen molar-refractivity contribution in [3.05, 3.63) is 11.6 Å². The van der Waals surface area contributed by atoms with E-state index in [0.29, 0.717) is 5.92 Å². The zero-order valence-electron chi connectivity index (χ0n) is 11.2. The van der Waals surface area contributed by atoms with Crippen LogP contribution in [-0.2, 0) is 0 Å². The predicted molar refractivity (Wildman–Crippen MR) is 68.2 cm³/mol. The Hall–Kier alpha value is -0.300. The van der Waals surface area contributed by atoms with Gasteiger partial charge < -0.3 is 5.11 Å². The Labute approximate surface area is 99.9 Å². The zero-order valence-corrected chi connectivity index (χ0v) is 11.2. The van der Waals surface area contributed by atoms with Crippen molar-refractivity contribution in [2.45, 2.75) is 65.4 Å².